The van der Waals surface area contributed by atoms with Crippen LogP contribution in [0.2, 0.25) is 0 Å². The molecular formula is C14H17F3N2O2. The van der Waals surface area contributed by atoms with Gasteiger partial charge in [0.15, 0.2) is 11.0 Å². The molecule has 0 atom stereocenters. The molecule has 0 aliphatic rings. The molecule has 116 valence electrons. The van der Waals surface area contributed by atoms with Gasteiger partial charge in [0.1, 0.15) is 5.97 Å². The number of imidazole rings is 1. The van der Waals surface area contributed by atoms with Crippen LogP contribution in [0.4, 0.5) is 13.2 Å². The number of nitrogens with zero attached hydrogens (tertiary/aromatic N) is 1. The van der Waals surface area contributed by atoms with Crippen molar-refractivity contribution >= 4 is 17.0 Å². The highest BCUT2D eigenvalue weighted by Crippen LogP contribution is 2.11. The third-order valence-corrected chi connectivity index (χ3v) is 2.88. The first kappa shape index (κ1) is 17.0. The number of aromatic nitrogens is 2. The van der Waals surface area contributed by atoms with Crippen molar-refractivity contribution in [1.29, 1.82) is 0 Å². The third kappa shape index (κ3) is 4.77. The monoisotopic (exact) mass is 302 g/mol. The number of hydrogen-bond acceptors (Lipinski definition) is 2. The lowest BCUT2D eigenvalue weighted by Crippen LogP contribution is -2.37. The first-order valence-electron chi connectivity index (χ1n) is 6.52. The molecule has 0 radical (unpaired) electrons. The summed E-state index contributed by atoms with van der Waals surface area (Å²) in [5.74, 6) is -1.76. The van der Waals surface area contributed by atoms with Crippen LogP contribution in [0.15, 0.2) is 24.3 Å². The zero-order valence-electron chi connectivity index (χ0n) is 11.8. The third-order valence-electron chi connectivity index (χ3n) is 2.88. The Morgan fingerprint density at radius 2 is 1.90 bits per heavy atom. The van der Waals surface area contributed by atoms with E-state index in [1.54, 1.807) is 0 Å². The van der Waals surface area contributed by atoms with E-state index in [1.807, 2.05) is 0 Å². The van der Waals surface area contributed by atoms with Crippen LogP contribution in [-0.2, 0) is 11.3 Å². The Morgan fingerprint density at radius 3 is 2.43 bits per heavy atom. The van der Waals surface area contributed by atoms with Gasteiger partial charge in [0.25, 0.3) is 5.82 Å². The van der Waals surface area contributed by atoms with Gasteiger partial charge in [-0.1, -0.05) is 25.5 Å². The number of nitrogens with one attached hydrogen (secondary N) is 1. The molecule has 0 saturated carbocycles. The molecule has 0 aliphatic heterocycles. The fourth-order valence-electron chi connectivity index (χ4n) is 1.86. The molecule has 2 aromatic rings. The van der Waals surface area contributed by atoms with E-state index < -0.39 is 12.1 Å². The molecule has 0 unspecified atom stereocenters. The average molecular weight is 302 g/mol. The molecule has 0 bridgehead atoms. The molecule has 1 aromatic carbocycles. The number of carboxylic acid groups (broad SMARTS) is 1. The average Bonchev–Trinajstić information content (AvgIpc) is 2.71. The molecule has 1 N–H and O–H groups in total. The number of carbonyl (C=O) groups excluding carboxylic acids is 1. The van der Waals surface area contributed by atoms with Crippen molar-refractivity contribution < 1.29 is 27.6 Å². The number of para-hydroxylation sites is 2. The van der Waals surface area contributed by atoms with Crippen molar-refractivity contribution in [3.8, 4) is 0 Å². The van der Waals surface area contributed by atoms with Crippen LogP contribution < -0.4 is 9.67 Å². The van der Waals surface area contributed by atoms with E-state index in [-0.39, 0.29) is 0 Å². The predicted molar refractivity (Wildman–Crippen MR) is 69.2 cm³/mol. The minimum atomic E-state index is -5.19. The number of aromatic amines is 1. The van der Waals surface area contributed by atoms with E-state index in [4.69, 9.17) is 9.90 Å². The summed E-state index contributed by atoms with van der Waals surface area (Å²) in [4.78, 5) is 12.2. The largest absolute Gasteiger partial charge is 0.542 e. The number of halogens is 3. The number of alkyl halides is 3. The lowest BCUT2D eigenvalue weighted by atomic mass is 10.3. The van der Waals surface area contributed by atoms with Gasteiger partial charge >= 0.3 is 6.18 Å². The standard InChI is InChI=1S/C12H16N2.C2HF3O2/c1-3-4-9-14-10(2)13-11-7-5-6-8-12(11)14;3-2(4,5)1(6)7/h5-8H,3-4,9H2,1-2H3;(H,6,7). The molecule has 2 rings (SSSR count). The van der Waals surface area contributed by atoms with E-state index in [9.17, 15) is 13.2 Å². The first-order valence-corrected chi connectivity index (χ1v) is 6.52. The van der Waals surface area contributed by atoms with Crippen molar-refractivity contribution in [2.75, 3.05) is 0 Å². The molecule has 0 fully saturated rings. The smallest absolute Gasteiger partial charge is 0.430 e. The number of hydrogen-bond donors (Lipinski definition) is 1. The van der Waals surface area contributed by atoms with Crippen molar-refractivity contribution in [1.82, 2.24) is 4.98 Å². The minimum Gasteiger partial charge on any atom is -0.542 e. The van der Waals surface area contributed by atoms with Crippen molar-refractivity contribution in [2.24, 2.45) is 0 Å². The molecule has 0 aliphatic carbocycles. The van der Waals surface area contributed by atoms with Crippen molar-refractivity contribution in [3.05, 3.63) is 30.1 Å². The fraction of sp³-hybridized carbons (Fsp3) is 0.429. The summed E-state index contributed by atoms with van der Waals surface area (Å²) in [6, 6.07) is 8.47. The van der Waals surface area contributed by atoms with E-state index in [1.165, 1.54) is 29.7 Å². The summed E-state index contributed by atoms with van der Waals surface area (Å²) in [5, 5.41) is 8.78. The Labute approximate surface area is 120 Å². The number of aryl methyl sites for hydroxylation is 2. The van der Waals surface area contributed by atoms with Crippen LogP contribution in [0.3, 0.4) is 0 Å². The number of aliphatic carboxylic acids is 1. The van der Waals surface area contributed by atoms with Crippen LogP contribution in [0.5, 0.6) is 0 Å². The molecule has 0 saturated heterocycles. The number of rotatable bonds is 3. The molecule has 7 heteroatoms. The predicted octanol–water partition coefficient (Wildman–Crippen LogP) is 1.86. The zero-order valence-corrected chi connectivity index (χ0v) is 11.8. The minimum absolute atomic E-state index is 1.12. The Morgan fingerprint density at radius 1 is 1.33 bits per heavy atom. The van der Waals surface area contributed by atoms with Crippen LogP contribution in [0, 0.1) is 6.92 Å². The maximum Gasteiger partial charge on any atom is 0.430 e. The summed E-state index contributed by atoms with van der Waals surface area (Å²) < 4.78 is 33.9. The van der Waals surface area contributed by atoms with Gasteiger partial charge in [-0.25, -0.2) is 9.55 Å². The fourth-order valence-corrected chi connectivity index (χ4v) is 1.86. The zero-order chi connectivity index (χ0) is 16.0. The van der Waals surface area contributed by atoms with Crippen molar-refractivity contribution in [2.45, 2.75) is 39.4 Å². The summed E-state index contributed by atoms with van der Waals surface area (Å²) in [6.45, 7) is 5.48. The number of carboxylic acids is 1. The van der Waals surface area contributed by atoms with Crippen LogP contribution in [0.25, 0.3) is 11.0 Å². The first-order chi connectivity index (χ1) is 9.77. The van der Waals surface area contributed by atoms with E-state index >= 15 is 0 Å². The Balaban J connectivity index is 0.000000270. The summed E-state index contributed by atoms with van der Waals surface area (Å²) in [7, 11) is 0. The van der Waals surface area contributed by atoms with Gasteiger partial charge in [0.05, 0.1) is 6.54 Å². The quantitative estimate of drug-likeness (QED) is 0.880. The number of unbranched alkanes of at least 4 members (excludes halogenated alkanes) is 1. The lowest BCUT2D eigenvalue weighted by Gasteiger charge is -2.03. The topological polar surface area (TPSA) is 59.8 Å². The van der Waals surface area contributed by atoms with E-state index in [0.29, 0.717) is 0 Å². The number of fused-ring (bicyclic) bond motifs is 1. The summed E-state index contributed by atoms with van der Waals surface area (Å²) in [5.41, 5.74) is 2.56. The Bertz CT molecular complexity index is 606. The van der Waals surface area contributed by atoms with Gasteiger partial charge in [-0.2, -0.15) is 13.2 Å². The van der Waals surface area contributed by atoms with Gasteiger partial charge in [0.2, 0.25) is 0 Å². The van der Waals surface area contributed by atoms with Gasteiger partial charge in [0, 0.05) is 6.92 Å². The lowest BCUT2D eigenvalue weighted by molar-refractivity contribution is -0.677. The Hall–Kier alpha value is -2.05. The van der Waals surface area contributed by atoms with Gasteiger partial charge in [-0.15, -0.1) is 0 Å². The molecular weight excluding hydrogens is 285 g/mol. The number of carbonyl (C=O) groups is 1. The van der Waals surface area contributed by atoms with Crippen LogP contribution in [0.1, 0.15) is 25.6 Å². The molecule has 1 heterocycles. The highest BCUT2D eigenvalue weighted by molar-refractivity contribution is 5.71. The molecule has 21 heavy (non-hydrogen) atoms. The second kappa shape index (κ2) is 7.10. The van der Waals surface area contributed by atoms with Gasteiger partial charge < -0.3 is 9.90 Å². The maximum absolute atomic E-state index is 10.5. The highest BCUT2D eigenvalue weighted by atomic mass is 19.4. The second-order valence-corrected chi connectivity index (χ2v) is 4.52. The van der Waals surface area contributed by atoms with Crippen LogP contribution >= 0.6 is 0 Å². The second-order valence-electron chi connectivity index (χ2n) is 4.52. The highest BCUT2D eigenvalue weighted by Gasteiger charge is 2.28. The maximum atomic E-state index is 10.5. The molecule has 1 aromatic heterocycles. The number of benzene rings is 1. The number of H-pyrrole nitrogens is 1. The summed E-state index contributed by atoms with van der Waals surface area (Å²) in [6.07, 6.45) is -2.71. The van der Waals surface area contributed by atoms with Crippen LogP contribution in [-0.4, -0.2) is 17.1 Å². The normalized spacial score (nSPS) is 11.1. The Kier molecular flexibility index (Phi) is 5.75. The summed E-state index contributed by atoms with van der Waals surface area (Å²) >= 11 is 0. The van der Waals surface area contributed by atoms with E-state index in [2.05, 4.69) is 47.7 Å². The van der Waals surface area contributed by atoms with Gasteiger partial charge in [-0.3, -0.25) is 0 Å². The SMILES string of the molecule is CCCC[n+]1c(C)[nH]c2ccccc21.O=C([O-])C(F)(F)F. The van der Waals surface area contributed by atoms with Gasteiger partial charge in [-0.05, 0) is 18.6 Å². The van der Waals surface area contributed by atoms with Crippen molar-refractivity contribution in [3.63, 3.8) is 0 Å². The van der Waals surface area contributed by atoms with E-state index in [0.717, 1.165) is 6.54 Å². The molecule has 4 nitrogen and oxygen atoms in total. The molecule has 0 spiro atoms. The molecule has 0 amide bonds.